The minimum Gasteiger partial charge on any atom is -0.497 e. The number of ether oxygens (including phenoxy) is 2. The topological polar surface area (TPSA) is 90.4 Å². The molecule has 2 aromatic carbocycles. The molecule has 4 aromatic rings. The molecule has 0 aliphatic carbocycles. The highest BCUT2D eigenvalue weighted by Crippen LogP contribution is 2.27. The van der Waals surface area contributed by atoms with Gasteiger partial charge in [-0.3, -0.25) is 14.9 Å². The van der Waals surface area contributed by atoms with Crippen LogP contribution in [0, 0.1) is 0 Å². The van der Waals surface area contributed by atoms with Crippen molar-refractivity contribution < 1.29 is 19.1 Å². The summed E-state index contributed by atoms with van der Waals surface area (Å²) in [5, 5.41) is 5.74. The zero-order valence-electron chi connectivity index (χ0n) is 17.6. The van der Waals surface area contributed by atoms with E-state index in [9.17, 15) is 9.59 Å². The van der Waals surface area contributed by atoms with E-state index in [0.717, 1.165) is 16.7 Å². The van der Waals surface area contributed by atoms with Gasteiger partial charge in [0.25, 0.3) is 5.91 Å². The van der Waals surface area contributed by atoms with E-state index in [1.54, 1.807) is 25.5 Å². The van der Waals surface area contributed by atoms with Crippen LogP contribution in [0.1, 0.15) is 23.0 Å². The number of nitrogens with zero attached hydrogens (tertiary/aromatic N) is 2. The fourth-order valence-electron chi connectivity index (χ4n) is 3.24. The van der Waals surface area contributed by atoms with Gasteiger partial charge >= 0.3 is 5.97 Å². The van der Waals surface area contributed by atoms with E-state index < -0.39 is 0 Å². The molecule has 0 aliphatic heterocycles. The van der Waals surface area contributed by atoms with Crippen molar-refractivity contribution in [1.29, 1.82) is 0 Å². The van der Waals surface area contributed by atoms with Gasteiger partial charge < -0.3 is 9.47 Å². The van der Waals surface area contributed by atoms with Crippen LogP contribution in [0.5, 0.6) is 5.75 Å². The number of esters is 1. The van der Waals surface area contributed by atoms with Crippen molar-refractivity contribution >= 4 is 39.2 Å². The quantitative estimate of drug-likeness (QED) is 0.412. The van der Waals surface area contributed by atoms with Crippen LogP contribution in [0.3, 0.4) is 0 Å². The van der Waals surface area contributed by atoms with Crippen LogP contribution in [-0.4, -0.2) is 35.6 Å². The van der Waals surface area contributed by atoms with Crippen molar-refractivity contribution in [2.24, 2.45) is 0 Å². The smallest absolute Gasteiger partial charge is 0.311 e. The van der Waals surface area contributed by atoms with Crippen molar-refractivity contribution in [3.63, 3.8) is 0 Å². The van der Waals surface area contributed by atoms with Gasteiger partial charge in [0.15, 0.2) is 5.13 Å². The summed E-state index contributed by atoms with van der Waals surface area (Å²) in [6, 6.07) is 16.8. The Labute approximate surface area is 189 Å². The van der Waals surface area contributed by atoms with Crippen LogP contribution < -0.4 is 10.1 Å². The lowest BCUT2D eigenvalue weighted by Crippen LogP contribution is -2.13. The number of carbonyl (C=O) groups is 2. The highest BCUT2D eigenvalue weighted by molar-refractivity contribution is 7.14. The van der Waals surface area contributed by atoms with E-state index in [-0.39, 0.29) is 18.3 Å². The lowest BCUT2D eigenvalue weighted by Gasteiger charge is -2.10. The molecule has 7 nitrogen and oxygen atoms in total. The number of nitrogens with one attached hydrogen (secondary N) is 1. The predicted molar refractivity (Wildman–Crippen MR) is 124 cm³/mol. The Balaban J connectivity index is 1.63. The second-order valence-electron chi connectivity index (χ2n) is 6.88. The van der Waals surface area contributed by atoms with E-state index in [1.165, 1.54) is 11.3 Å². The van der Waals surface area contributed by atoms with Crippen LogP contribution >= 0.6 is 11.3 Å². The number of amides is 1. The van der Waals surface area contributed by atoms with Crippen LogP contribution in [0.15, 0.2) is 60.0 Å². The molecule has 1 amide bonds. The van der Waals surface area contributed by atoms with E-state index in [2.05, 4.69) is 10.3 Å². The van der Waals surface area contributed by atoms with Crippen LogP contribution in [-0.2, 0) is 16.0 Å². The molecular formula is C24H21N3O4S. The zero-order valence-corrected chi connectivity index (χ0v) is 18.4. The molecule has 0 aliphatic rings. The molecule has 2 heterocycles. The Morgan fingerprint density at radius 3 is 2.59 bits per heavy atom. The van der Waals surface area contributed by atoms with Crippen molar-refractivity contribution in [3.05, 3.63) is 71.2 Å². The maximum absolute atomic E-state index is 13.2. The van der Waals surface area contributed by atoms with Crippen molar-refractivity contribution in [1.82, 2.24) is 9.97 Å². The number of para-hydroxylation sites is 1. The molecule has 0 atom stereocenters. The number of benzene rings is 2. The number of pyridine rings is 1. The molecule has 0 radical (unpaired) electrons. The molecule has 0 saturated carbocycles. The average molecular weight is 448 g/mol. The van der Waals surface area contributed by atoms with Gasteiger partial charge in [0.2, 0.25) is 0 Å². The Kier molecular flexibility index (Phi) is 6.42. The number of methoxy groups -OCH3 is 1. The minimum atomic E-state index is -0.347. The minimum absolute atomic E-state index is 0.0695. The second-order valence-corrected chi connectivity index (χ2v) is 7.74. The SMILES string of the molecule is CCOC(=O)Cc1csc(NC(=O)c2cc(-c3ccc(OC)cc3)nc3ccccc23)n1. The van der Waals surface area contributed by atoms with Crippen LogP contribution in [0.25, 0.3) is 22.2 Å². The van der Waals surface area contributed by atoms with E-state index >= 15 is 0 Å². The van der Waals surface area contributed by atoms with Gasteiger partial charge in [-0.1, -0.05) is 18.2 Å². The van der Waals surface area contributed by atoms with Gasteiger partial charge in [-0.05, 0) is 43.3 Å². The van der Waals surface area contributed by atoms with Gasteiger partial charge in [0, 0.05) is 16.3 Å². The summed E-state index contributed by atoms with van der Waals surface area (Å²) in [5.74, 6) is 0.102. The average Bonchev–Trinajstić information content (AvgIpc) is 3.24. The number of thiazole rings is 1. The summed E-state index contributed by atoms with van der Waals surface area (Å²) in [4.78, 5) is 33.9. The number of fused-ring (bicyclic) bond motifs is 1. The van der Waals surface area contributed by atoms with Crippen molar-refractivity contribution in [2.45, 2.75) is 13.3 Å². The first-order chi connectivity index (χ1) is 15.6. The molecule has 4 rings (SSSR count). The first-order valence-corrected chi connectivity index (χ1v) is 10.9. The molecule has 0 fully saturated rings. The molecule has 0 saturated heterocycles. The molecule has 2 aromatic heterocycles. The number of anilines is 1. The summed E-state index contributed by atoms with van der Waals surface area (Å²) < 4.78 is 10.2. The molecule has 32 heavy (non-hydrogen) atoms. The maximum Gasteiger partial charge on any atom is 0.311 e. The van der Waals surface area contributed by atoms with Gasteiger partial charge in [-0.2, -0.15) is 0 Å². The van der Waals surface area contributed by atoms with Crippen molar-refractivity contribution in [2.75, 3.05) is 19.0 Å². The van der Waals surface area contributed by atoms with Crippen LogP contribution in [0.2, 0.25) is 0 Å². The van der Waals surface area contributed by atoms with E-state index in [1.807, 2.05) is 48.5 Å². The van der Waals surface area contributed by atoms with Gasteiger partial charge in [0.1, 0.15) is 5.75 Å². The van der Waals surface area contributed by atoms with Gasteiger partial charge in [-0.25, -0.2) is 9.97 Å². The summed E-state index contributed by atoms with van der Waals surface area (Å²) in [6.07, 6.45) is 0.0695. The fourth-order valence-corrected chi connectivity index (χ4v) is 3.95. The monoisotopic (exact) mass is 447 g/mol. The van der Waals surface area contributed by atoms with Gasteiger partial charge in [0.05, 0.1) is 42.6 Å². The van der Waals surface area contributed by atoms with E-state index in [4.69, 9.17) is 14.5 Å². The maximum atomic E-state index is 13.2. The van der Waals surface area contributed by atoms with Crippen LogP contribution in [0.4, 0.5) is 5.13 Å². The summed E-state index contributed by atoms with van der Waals surface area (Å²) >= 11 is 1.26. The lowest BCUT2D eigenvalue weighted by molar-refractivity contribution is -0.142. The Hall–Kier alpha value is -3.78. The standard InChI is InChI=1S/C24H21N3O4S/c1-3-31-22(28)12-16-14-32-24(25-16)27-23(29)19-13-21(15-8-10-17(30-2)11-9-15)26-20-7-5-4-6-18(19)20/h4-11,13-14H,3,12H2,1-2H3,(H,25,27,29). The number of hydrogen-bond acceptors (Lipinski definition) is 7. The first-order valence-electron chi connectivity index (χ1n) is 10.0. The largest absolute Gasteiger partial charge is 0.497 e. The second kappa shape index (κ2) is 9.57. The molecule has 0 spiro atoms. The van der Waals surface area contributed by atoms with Gasteiger partial charge in [-0.15, -0.1) is 11.3 Å². The lowest BCUT2D eigenvalue weighted by atomic mass is 10.0. The number of aromatic nitrogens is 2. The number of hydrogen-bond donors (Lipinski definition) is 1. The predicted octanol–water partition coefficient (Wildman–Crippen LogP) is 4.72. The Bertz CT molecular complexity index is 1270. The number of carbonyl (C=O) groups excluding carboxylic acids is 2. The molecule has 0 unspecified atom stereocenters. The third-order valence-corrected chi connectivity index (χ3v) is 5.56. The van der Waals surface area contributed by atoms with E-state index in [0.29, 0.717) is 34.2 Å². The molecule has 8 heteroatoms. The zero-order chi connectivity index (χ0) is 22.5. The molecule has 1 N–H and O–H groups in total. The third kappa shape index (κ3) is 4.76. The summed E-state index contributed by atoms with van der Waals surface area (Å²) in [5.41, 5.74) is 3.31. The highest BCUT2D eigenvalue weighted by Gasteiger charge is 2.16. The Morgan fingerprint density at radius 1 is 1.06 bits per heavy atom. The highest BCUT2D eigenvalue weighted by atomic mass is 32.1. The number of rotatable bonds is 7. The molecule has 0 bridgehead atoms. The van der Waals surface area contributed by atoms with Crippen molar-refractivity contribution in [3.8, 4) is 17.0 Å². The summed E-state index contributed by atoms with van der Waals surface area (Å²) in [6.45, 7) is 2.07. The molecular weight excluding hydrogens is 426 g/mol. The Morgan fingerprint density at radius 2 is 1.84 bits per heavy atom. The normalized spacial score (nSPS) is 10.7. The third-order valence-electron chi connectivity index (χ3n) is 4.75. The fraction of sp³-hybridized carbons (Fsp3) is 0.167. The molecule has 162 valence electrons. The first kappa shape index (κ1) is 21.5. The summed E-state index contributed by atoms with van der Waals surface area (Å²) in [7, 11) is 1.61.